The zero-order valence-electron chi connectivity index (χ0n) is 22.2. The van der Waals surface area contributed by atoms with Crippen LogP contribution in [0.1, 0.15) is 89.2 Å². The summed E-state index contributed by atoms with van der Waals surface area (Å²) in [4.78, 5) is 11.3. The lowest BCUT2D eigenvalue weighted by molar-refractivity contribution is -0.139. The van der Waals surface area contributed by atoms with Gasteiger partial charge in [-0.25, -0.2) is 0 Å². The van der Waals surface area contributed by atoms with Crippen LogP contribution in [0.3, 0.4) is 0 Å². The minimum Gasteiger partial charge on any atom is -0.480 e. The van der Waals surface area contributed by atoms with Crippen LogP contribution in [0, 0.1) is 27.7 Å². The largest absolute Gasteiger partial charge is 0.480 e. The van der Waals surface area contributed by atoms with E-state index < -0.39 is 12.0 Å². The van der Waals surface area contributed by atoms with Gasteiger partial charge in [-0.15, -0.1) is 0 Å². The molecule has 2 aromatic carbocycles. The molecule has 0 amide bonds. The topological polar surface area (TPSA) is 58.6 Å². The fourth-order valence-corrected chi connectivity index (χ4v) is 2.85. The SMILES string of the molecule is CC.CC.CC.CC.CNC(C(=O)O)c1cc(C)c(Oc2cc(C)cc(C)c2)c(C)c1. The number of hydrogen-bond acceptors (Lipinski definition) is 3. The molecular weight excluding hydrogens is 386 g/mol. The van der Waals surface area contributed by atoms with Crippen molar-refractivity contribution in [2.75, 3.05) is 7.05 Å². The standard InChI is InChI=1S/C19H23NO3.4C2H6/c1-11-6-12(2)8-16(7-11)23-18-13(3)9-15(10-14(18)4)17(20-5)19(21)22;4*1-2/h6-10,17,20H,1-5H3,(H,21,22);4*1-2H3. The molecule has 0 saturated heterocycles. The van der Waals surface area contributed by atoms with Crippen LogP contribution >= 0.6 is 0 Å². The van der Waals surface area contributed by atoms with Gasteiger partial charge in [0.25, 0.3) is 0 Å². The molecule has 2 N–H and O–H groups in total. The minimum atomic E-state index is -0.894. The molecule has 4 heteroatoms. The van der Waals surface area contributed by atoms with Crippen molar-refractivity contribution in [3.05, 3.63) is 58.1 Å². The Bertz CT molecular complexity index is 696. The van der Waals surface area contributed by atoms with Gasteiger partial charge < -0.3 is 15.2 Å². The highest BCUT2D eigenvalue weighted by atomic mass is 16.5. The third-order valence-corrected chi connectivity index (χ3v) is 3.77. The van der Waals surface area contributed by atoms with Gasteiger partial charge in [-0.2, -0.15) is 0 Å². The van der Waals surface area contributed by atoms with E-state index in [0.717, 1.165) is 39.3 Å². The van der Waals surface area contributed by atoms with Crippen molar-refractivity contribution in [1.29, 1.82) is 0 Å². The van der Waals surface area contributed by atoms with Crippen LogP contribution < -0.4 is 10.1 Å². The number of aryl methyl sites for hydroxylation is 4. The summed E-state index contributed by atoms with van der Waals surface area (Å²) in [6.45, 7) is 23.9. The molecule has 0 aliphatic rings. The molecular formula is C27H47NO3. The van der Waals surface area contributed by atoms with Crippen molar-refractivity contribution >= 4 is 5.97 Å². The van der Waals surface area contributed by atoms with Gasteiger partial charge in [0.2, 0.25) is 0 Å². The molecule has 2 rings (SSSR count). The van der Waals surface area contributed by atoms with Crippen molar-refractivity contribution in [3.63, 3.8) is 0 Å². The second kappa shape index (κ2) is 19.6. The van der Waals surface area contributed by atoms with Crippen LogP contribution in [0.2, 0.25) is 0 Å². The van der Waals surface area contributed by atoms with Crippen LogP contribution in [-0.2, 0) is 4.79 Å². The average molecular weight is 434 g/mol. The Morgan fingerprint density at radius 1 is 0.774 bits per heavy atom. The number of carbonyl (C=O) groups is 1. The molecule has 0 bridgehead atoms. The molecule has 0 aliphatic carbocycles. The van der Waals surface area contributed by atoms with E-state index >= 15 is 0 Å². The first kappa shape index (κ1) is 33.3. The molecule has 0 saturated carbocycles. The molecule has 0 radical (unpaired) electrons. The Morgan fingerprint density at radius 3 is 1.48 bits per heavy atom. The maximum Gasteiger partial charge on any atom is 0.325 e. The van der Waals surface area contributed by atoms with E-state index in [0.29, 0.717) is 0 Å². The number of ether oxygens (including phenoxy) is 1. The lowest BCUT2D eigenvalue weighted by Gasteiger charge is -2.17. The summed E-state index contributed by atoms with van der Waals surface area (Å²) in [6.07, 6.45) is 0. The zero-order valence-corrected chi connectivity index (χ0v) is 22.2. The van der Waals surface area contributed by atoms with Gasteiger partial charge in [-0.1, -0.05) is 73.6 Å². The predicted octanol–water partition coefficient (Wildman–Crippen LogP) is 8.16. The summed E-state index contributed by atoms with van der Waals surface area (Å²) in [5.74, 6) is 0.679. The molecule has 31 heavy (non-hydrogen) atoms. The van der Waals surface area contributed by atoms with Gasteiger partial charge in [-0.05, 0) is 74.7 Å². The third-order valence-electron chi connectivity index (χ3n) is 3.77. The maximum atomic E-state index is 11.3. The highest BCUT2D eigenvalue weighted by molar-refractivity contribution is 5.76. The summed E-state index contributed by atoms with van der Waals surface area (Å²) in [7, 11) is 1.64. The first-order valence-electron chi connectivity index (χ1n) is 11.6. The van der Waals surface area contributed by atoms with Crippen LogP contribution in [0.25, 0.3) is 0 Å². The Hall–Kier alpha value is -2.33. The molecule has 0 aromatic heterocycles. The minimum absolute atomic E-state index is 0.720. The van der Waals surface area contributed by atoms with Crippen molar-refractivity contribution in [2.45, 2.75) is 89.1 Å². The molecule has 1 unspecified atom stereocenters. The number of rotatable bonds is 5. The number of carboxylic acid groups (broad SMARTS) is 1. The van der Waals surface area contributed by atoms with E-state index in [9.17, 15) is 9.90 Å². The number of nitrogens with one attached hydrogen (secondary N) is 1. The monoisotopic (exact) mass is 433 g/mol. The van der Waals surface area contributed by atoms with E-state index in [2.05, 4.69) is 11.4 Å². The predicted molar refractivity (Wildman–Crippen MR) is 137 cm³/mol. The van der Waals surface area contributed by atoms with E-state index in [1.165, 1.54) is 0 Å². The fraction of sp³-hybridized carbons (Fsp3) is 0.519. The highest BCUT2D eigenvalue weighted by Crippen LogP contribution is 2.32. The van der Waals surface area contributed by atoms with Crippen LogP contribution in [0.15, 0.2) is 30.3 Å². The van der Waals surface area contributed by atoms with Crippen LogP contribution in [0.4, 0.5) is 0 Å². The first-order valence-corrected chi connectivity index (χ1v) is 11.6. The number of hydrogen-bond donors (Lipinski definition) is 2. The summed E-state index contributed by atoms with van der Waals surface area (Å²) in [5.41, 5.74) is 4.85. The van der Waals surface area contributed by atoms with Gasteiger partial charge in [0.05, 0.1) is 0 Å². The second-order valence-electron chi connectivity index (χ2n) is 5.97. The van der Waals surface area contributed by atoms with Crippen molar-refractivity contribution in [3.8, 4) is 11.5 Å². The normalized spacial score (nSPS) is 9.71. The highest BCUT2D eigenvalue weighted by Gasteiger charge is 2.19. The second-order valence-corrected chi connectivity index (χ2v) is 5.97. The summed E-state index contributed by atoms with van der Waals surface area (Å²) in [5, 5.41) is 12.1. The fourth-order valence-electron chi connectivity index (χ4n) is 2.85. The zero-order chi connectivity index (χ0) is 25.1. The molecule has 0 spiro atoms. The van der Waals surface area contributed by atoms with E-state index in [1.807, 2.05) is 107 Å². The van der Waals surface area contributed by atoms with Crippen molar-refractivity contribution in [2.24, 2.45) is 0 Å². The smallest absolute Gasteiger partial charge is 0.325 e. The molecule has 0 heterocycles. The van der Waals surface area contributed by atoms with Gasteiger partial charge >= 0.3 is 5.97 Å². The molecule has 1 atom stereocenters. The van der Waals surface area contributed by atoms with Crippen LogP contribution in [0.5, 0.6) is 11.5 Å². The molecule has 2 aromatic rings. The summed E-state index contributed by atoms with van der Waals surface area (Å²) >= 11 is 0. The number of likely N-dealkylation sites (N-methyl/N-ethyl adjacent to an activating group) is 1. The van der Waals surface area contributed by atoms with E-state index in [4.69, 9.17) is 4.74 Å². The van der Waals surface area contributed by atoms with E-state index in [-0.39, 0.29) is 0 Å². The lowest BCUT2D eigenvalue weighted by Crippen LogP contribution is -2.25. The van der Waals surface area contributed by atoms with Gasteiger partial charge in [0.15, 0.2) is 0 Å². The molecule has 0 aliphatic heterocycles. The quantitative estimate of drug-likeness (QED) is 0.499. The maximum absolute atomic E-state index is 11.3. The van der Waals surface area contributed by atoms with Crippen molar-refractivity contribution in [1.82, 2.24) is 5.32 Å². The van der Waals surface area contributed by atoms with Gasteiger partial charge in [0.1, 0.15) is 17.5 Å². The molecule has 4 nitrogen and oxygen atoms in total. The van der Waals surface area contributed by atoms with Crippen LogP contribution in [-0.4, -0.2) is 18.1 Å². The number of carboxylic acids is 1. The Kier molecular flexibility index (Phi) is 21.1. The Labute approximate surface area is 192 Å². The third kappa shape index (κ3) is 11.6. The Morgan fingerprint density at radius 2 is 1.16 bits per heavy atom. The number of aliphatic carboxylic acids is 1. The molecule has 178 valence electrons. The number of benzene rings is 2. The van der Waals surface area contributed by atoms with Gasteiger partial charge in [-0.3, -0.25) is 4.79 Å². The Balaban J connectivity index is -0.000000879. The van der Waals surface area contributed by atoms with Crippen molar-refractivity contribution < 1.29 is 14.6 Å². The summed E-state index contributed by atoms with van der Waals surface area (Å²) in [6, 6.07) is 9.09. The summed E-state index contributed by atoms with van der Waals surface area (Å²) < 4.78 is 6.06. The average Bonchev–Trinajstić information content (AvgIpc) is 2.76. The van der Waals surface area contributed by atoms with E-state index in [1.54, 1.807) is 7.05 Å². The first-order chi connectivity index (χ1) is 14.8. The molecule has 0 fully saturated rings. The van der Waals surface area contributed by atoms with Gasteiger partial charge in [0, 0.05) is 0 Å². The lowest BCUT2D eigenvalue weighted by atomic mass is 10.00.